The smallest absolute Gasteiger partial charge is 0.158 e. The molecule has 8 nitrogen and oxygen atoms in total. The highest BCUT2D eigenvalue weighted by molar-refractivity contribution is 5.69. The lowest BCUT2D eigenvalue weighted by atomic mass is 10.2. The van der Waals surface area contributed by atoms with E-state index in [4.69, 9.17) is 19.9 Å². The van der Waals surface area contributed by atoms with Gasteiger partial charge in [0.2, 0.25) is 0 Å². The molecule has 0 unspecified atom stereocenters. The van der Waals surface area contributed by atoms with Crippen molar-refractivity contribution >= 4 is 11.5 Å². The van der Waals surface area contributed by atoms with Gasteiger partial charge in [0.1, 0.15) is 11.5 Å². The van der Waals surface area contributed by atoms with E-state index in [9.17, 15) is 0 Å². The number of ether oxygens (including phenoxy) is 1. The Hall–Kier alpha value is -4.04. The van der Waals surface area contributed by atoms with Crippen LogP contribution in [0.1, 0.15) is 0 Å². The number of hydrogen-bond acceptors (Lipinski definition) is 6. The van der Waals surface area contributed by atoms with Crippen LogP contribution >= 0.6 is 0 Å². The molecule has 8 heteroatoms. The van der Waals surface area contributed by atoms with Gasteiger partial charge in [-0.1, -0.05) is 18.2 Å². The lowest BCUT2D eigenvalue weighted by Crippen LogP contribution is -2.37. The van der Waals surface area contributed by atoms with E-state index in [-0.39, 0.29) is 0 Å². The highest BCUT2D eigenvalue weighted by Gasteiger charge is 2.19. The summed E-state index contributed by atoms with van der Waals surface area (Å²) in [6, 6.07) is 20.1. The largest absolute Gasteiger partial charge is 0.378 e. The molecule has 1 fully saturated rings. The summed E-state index contributed by atoms with van der Waals surface area (Å²) in [4.78, 5) is 11.3. The fraction of sp³-hybridized carbons (Fsp3) is 0.167. The van der Waals surface area contributed by atoms with E-state index in [1.54, 1.807) is 12.4 Å². The minimum atomic E-state index is 0.695. The molecule has 158 valence electrons. The molecule has 0 spiro atoms. The number of anilines is 1. The molecule has 1 saturated heterocycles. The predicted octanol–water partition coefficient (Wildman–Crippen LogP) is 3.48. The van der Waals surface area contributed by atoms with Gasteiger partial charge in [0.15, 0.2) is 5.65 Å². The molecule has 5 aromatic rings. The highest BCUT2D eigenvalue weighted by atomic mass is 16.5. The van der Waals surface area contributed by atoms with Gasteiger partial charge in [-0.05, 0) is 30.3 Å². The lowest BCUT2D eigenvalue weighted by molar-refractivity contribution is 0.122. The highest BCUT2D eigenvalue weighted by Crippen LogP contribution is 2.27. The fourth-order valence-electron chi connectivity index (χ4n) is 3.96. The Morgan fingerprint density at radius 3 is 2.41 bits per heavy atom. The summed E-state index contributed by atoms with van der Waals surface area (Å²) in [5, 5.41) is 9.65. The van der Waals surface area contributed by atoms with E-state index in [0.717, 1.165) is 52.9 Å². The third-order valence-electron chi connectivity index (χ3n) is 5.59. The van der Waals surface area contributed by atoms with E-state index in [0.29, 0.717) is 13.2 Å². The van der Waals surface area contributed by atoms with Gasteiger partial charge >= 0.3 is 0 Å². The number of fused-ring (bicyclic) bond motifs is 1. The molecule has 4 aromatic heterocycles. The molecule has 6 rings (SSSR count). The third kappa shape index (κ3) is 3.40. The molecule has 0 amide bonds. The van der Waals surface area contributed by atoms with Crippen molar-refractivity contribution in [2.24, 2.45) is 0 Å². The normalized spacial score (nSPS) is 14.2. The van der Waals surface area contributed by atoms with Crippen LogP contribution in [-0.4, -0.2) is 55.7 Å². The summed E-state index contributed by atoms with van der Waals surface area (Å²) in [5.74, 6) is 0.989. The summed E-state index contributed by atoms with van der Waals surface area (Å²) in [6.07, 6.45) is 5.51. The van der Waals surface area contributed by atoms with Crippen molar-refractivity contribution in [3.05, 3.63) is 79.3 Å². The summed E-state index contributed by atoms with van der Waals surface area (Å²) in [6.45, 7) is 3.00. The minimum Gasteiger partial charge on any atom is -0.378 e. The van der Waals surface area contributed by atoms with E-state index >= 15 is 0 Å². The maximum Gasteiger partial charge on any atom is 0.158 e. The Balaban J connectivity index is 1.48. The van der Waals surface area contributed by atoms with Gasteiger partial charge in [-0.15, -0.1) is 0 Å². The first-order valence-corrected chi connectivity index (χ1v) is 10.6. The van der Waals surface area contributed by atoms with E-state index in [1.165, 1.54) is 0 Å². The molecule has 0 radical (unpaired) electrons. The number of morpholine rings is 1. The number of aromatic nitrogens is 6. The summed E-state index contributed by atoms with van der Waals surface area (Å²) in [7, 11) is 0. The fourth-order valence-corrected chi connectivity index (χ4v) is 3.96. The van der Waals surface area contributed by atoms with Crippen LogP contribution in [0.3, 0.4) is 0 Å². The Morgan fingerprint density at radius 1 is 0.781 bits per heavy atom. The SMILES string of the molecule is c1ccc(-n2ccc(-c3cc(N4CCOCC4)n4nc(-c5ccncc5)cc4n3)n2)cc1. The monoisotopic (exact) mass is 423 g/mol. The standard InChI is InChI=1S/C24H21N7O/c1-2-4-19(5-3-1)30-11-8-20(27-30)22-17-24(29-12-14-32-15-13-29)31-23(26-22)16-21(28-31)18-6-9-25-10-7-18/h1-11,16-17H,12-15H2. The predicted molar refractivity (Wildman–Crippen MR) is 122 cm³/mol. The summed E-state index contributed by atoms with van der Waals surface area (Å²) < 4.78 is 9.35. The quantitative estimate of drug-likeness (QED) is 0.441. The molecule has 0 saturated carbocycles. The number of nitrogens with zero attached hydrogens (tertiary/aromatic N) is 7. The zero-order valence-corrected chi connectivity index (χ0v) is 17.4. The Morgan fingerprint density at radius 2 is 1.59 bits per heavy atom. The number of hydrogen-bond donors (Lipinski definition) is 0. The first kappa shape index (κ1) is 18.7. The van der Waals surface area contributed by atoms with E-state index < -0.39 is 0 Å². The Labute approximate surface area is 184 Å². The van der Waals surface area contributed by atoms with E-state index in [1.807, 2.05) is 70.0 Å². The summed E-state index contributed by atoms with van der Waals surface area (Å²) in [5.41, 5.74) is 5.30. The van der Waals surface area contributed by atoms with Crippen LogP contribution < -0.4 is 4.90 Å². The second kappa shape index (κ2) is 7.90. The second-order valence-corrected chi connectivity index (χ2v) is 7.62. The molecule has 32 heavy (non-hydrogen) atoms. The second-order valence-electron chi connectivity index (χ2n) is 7.62. The van der Waals surface area contributed by atoms with Crippen LogP contribution in [0.5, 0.6) is 0 Å². The van der Waals surface area contributed by atoms with E-state index in [2.05, 4.69) is 16.0 Å². The van der Waals surface area contributed by atoms with Crippen LogP contribution in [0, 0.1) is 0 Å². The van der Waals surface area contributed by atoms with Crippen molar-refractivity contribution in [3.63, 3.8) is 0 Å². The zero-order chi connectivity index (χ0) is 21.3. The number of para-hydroxylation sites is 1. The average molecular weight is 423 g/mol. The maximum atomic E-state index is 5.57. The Kier molecular flexibility index (Phi) is 4.62. The van der Waals surface area contributed by atoms with Crippen molar-refractivity contribution in [1.29, 1.82) is 0 Å². The van der Waals surface area contributed by atoms with Gasteiger partial charge in [-0.25, -0.2) is 9.67 Å². The van der Waals surface area contributed by atoms with Crippen molar-refractivity contribution in [3.8, 4) is 28.3 Å². The van der Waals surface area contributed by atoms with Gasteiger partial charge in [0.25, 0.3) is 0 Å². The molecule has 0 aliphatic carbocycles. The van der Waals surface area contributed by atoms with Crippen LogP contribution in [0.25, 0.3) is 34.0 Å². The van der Waals surface area contributed by atoms with Crippen molar-refractivity contribution in [1.82, 2.24) is 29.4 Å². The molecule has 1 aromatic carbocycles. The topological polar surface area (TPSA) is 73.4 Å². The van der Waals surface area contributed by atoms with Gasteiger partial charge in [0.05, 0.1) is 30.3 Å². The number of rotatable bonds is 4. The molecule has 0 bridgehead atoms. The molecular formula is C24H21N7O. The lowest BCUT2D eigenvalue weighted by Gasteiger charge is -2.29. The first-order valence-electron chi connectivity index (χ1n) is 10.6. The zero-order valence-electron chi connectivity index (χ0n) is 17.4. The number of pyridine rings is 1. The molecule has 5 heterocycles. The Bertz CT molecular complexity index is 1360. The molecule has 1 aliphatic heterocycles. The van der Waals surface area contributed by atoms with Crippen LogP contribution in [0.4, 0.5) is 5.82 Å². The van der Waals surface area contributed by atoms with Gasteiger partial charge in [0, 0.05) is 49.4 Å². The maximum absolute atomic E-state index is 5.57. The molecule has 0 atom stereocenters. The van der Waals surface area contributed by atoms with Crippen molar-refractivity contribution < 1.29 is 4.74 Å². The van der Waals surface area contributed by atoms with Crippen molar-refractivity contribution in [2.45, 2.75) is 0 Å². The molecular weight excluding hydrogens is 402 g/mol. The average Bonchev–Trinajstić information content (AvgIpc) is 3.53. The van der Waals surface area contributed by atoms with Crippen LogP contribution in [-0.2, 0) is 4.74 Å². The van der Waals surface area contributed by atoms with Crippen molar-refractivity contribution in [2.75, 3.05) is 31.2 Å². The number of benzene rings is 1. The summed E-state index contributed by atoms with van der Waals surface area (Å²) >= 11 is 0. The van der Waals surface area contributed by atoms with Crippen LogP contribution in [0.15, 0.2) is 79.3 Å². The van der Waals surface area contributed by atoms with Gasteiger partial charge in [-0.2, -0.15) is 14.7 Å². The third-order valence-corrected chi connectivity index (χ3v) is 5.59. The molecule has 1 aliphatic rings. The molecule has 0 N–H and O–H groups in total. The van der Waals surface area contributed by atoms with Gasteiger partial charge < -0.3 is 9.64 Å². The van der Waals surface area contributed by atoms with Gasteiger partial charge in [-0.3, -0.25) is 4.98 Å². The minimum absolute atomic E-state index is 0.695. The first-order chi connectivity index (χ1) is 15.8. The van der Waals surface area contributed by atoms with Crippen LogP contribution in [0.2, 0.25) is 0 Å².